The van der Waals surface area contributed by atoms with Crippen LogP contribution in [0.2, 0.25) is 0 Å². The molecule has 2 rings (SSSR count). The minimum absolute atomic E-state index is 0.0698. The first-order valence-corrected chi connectivity index (χ1v) is 7.00. The number of aryl methyl sites for hydroxylation is 2. The molecule has 112 valence electrons. The number of carbonyl (C=O) groups excluding carboxylic acids is 1. The summed E-state index contributed by atoms with van der Waals surface area (Å²) in [7, 11) is 0. The Morgan fingerprint density at radius 1 is 1.43 bits per heavy atom. The highest BCUT2D eigenvalue weighted by molar-refractivity contribution is 7.07. The summed E-state index contributed by atoms with van der Waals surface area (Å²) in [6.07, 6.45) is 0. The number of carboxylic acid groups (broad SMARTS) is 1. The van der Waals surface area contributed by atoms with Gasteiger partial charge in [0.15, 0.2) is 0 Å². The maximum absolute atomic E-state index is 11.8. The van der Waals surface area contributed by atoms with Gasteiger partial charge in [0.05, 0.1) is 6.54 Å². The van der Waals surface area contributed by atoms with Crippen molar-refractivity contribution in [3.8, 4) is 0 Å². The van der Waals surface area contributed by atoms with E-state index in [1.54, 1.807) is 19.2 Å². The number of nitrogens with one attached hydrogen (secondary N) is 1. The lowest BCUT2D eigenvalue weighted by Crippen LogP contribution is -2.30. The van der Waals surface area contributed by atoms with E-state index in [0.717, 1.165) is 17.0 Å². The topological polar surface area (TPSA) is 102 Å². The zero-order valence-electron chi connectivity index (χ0n) is 11.5. The first-order valence-electron chi connectivity index (χ1n) is 6.12. The molecule has 0 bridgehead atoms. The zero-order valence-corrected chi connectivity index (χ0v) is 12.3. The Labute approximate surface area is 123 Å². The van der Waals surface area contributed by atoms with Crippen molar-refractivity contribution in [1.29, 1.82) is 0 Å². The van der Waals surface area contributed by atoms with Crippen molar-refractivity contribution in [2.75, 3.05) is 0 Å². The molecule has 0 unspecified atom stereocenters. The number of rotatable bonds is 5. The van der Waals surface area contributed by atoms with Crippen molar-refractivity contribution in [2.24, 2.45) is 0 Å². The van der Waals surface area contributed by atoms with Gasteiger partial charge in [0.2, 0.25) is 5.91 Å². The van der Waals surface area contributed by atoms with Crippen molar-refractivity contribution in [2.45, 2.75) is 26.9 Å². The molecule has 0 saturated heterocycles. The minimum atomic E-state index is -1.07. The lowest BCUT2D eigenvalue weighted by atomic mass is 10.2. The van der Waals surface area contributed by atoms with Crippen LogP contribution < -0.4 is 10.2 Å². The summed E-state index contributed by atoms with van der Waals surface area (Å²) in [6, 6.07) is 1.37. The summed E-state index contributed by atoms with van der Waals surface area (Å²) in [5.74, 6) is -0.775. The Balaban J connectivity index is 1.97. The normalized spacial score (nSPS) is 10.6. The fourth-order valence-electron chi connectivity index (χ4n) is 1.82. The Morgan fingerprint density at radius 3 is 2.67 bits per heavy atom. The molecule has 21 heavy (non-hydrogen) atoms. The van der Waals surface area contributed by atoms with Crippen LogP contribution in [0.5, 0.6) is 0 Å². The molecule has 2 N–H and O–H groups in total. The van der Waals surface area contributed by atoms with Gasteiger partial charge in [0.25, 0.3) is 0 Å². The van der Waals surface area contributed by atoms with E-state index >= 15 is 0 Å². The molecule has 2 heterocycles. The molecule has 0 spiro atoms. The van der Waals surface area contributed by atoms with E-state index in [2.05, 4.69) is 5.32 Å². The molecular formula is C13H14N2O5S. The van der Waals surface area contributed by atoms with Crippen molar-refractivity contribution >= 4 is 23.2 Å². The van der Waals surface area contributed by atoms with Crippen LogP contribution in [0.25, 0.3) is 0 Å². The second kappa shape index (κ2) is 5.96. The summed E-state index contributed by atoms with van der Waals surface area (Å²) in [5.41, 5.74) is 0.798. The lowest BCUT2D eigenvalue weighted by molar-refractivity contribution is -0.122. The maximum atomic E-state index is 11.8. The standard InChI is InChI=1S/C13H14N2O5S/c1-7-6-21-13(19)15(7)5-11(16)14-4-9-3-10(12(17)18)8(2)20-9/h3,6H,4-5H2,1-2H3,(H,14,16)(H,17,18). The summed E-state index contributed by atoms with van der Waals surface area (Å²) < 4.78 is 6.62. The van der Waals surface area contributed by atoms with Gasteiger partial charge in [-0.2, -0.15) is 0 Å². The number of aromatic carboxylic acids is 1. The molecule has 0 aliphatic carbocycles. The van der Waals surface area contributed by atoms with Gasteiger partial charge in [-0.25, -0.2) is 4.79 Å². The molecule has 0 atom stereocenters. The molecule has 0 fully saturated rings. The molecule has 0 saturated carbocycles. The van der Waals surface area contributed by atoms with E-state index in [0.29, 0.717) is 5.76 Å². The van der Waals surface area contributed by atoms with Crippen LogP contribution in [0.15, 0.2) is 20.7 Å². The molecule has 2 aromatic rings. The first kappa shape index (κ1) is 15.0. The van der Waals surface area contributed by atoms with E-state index in [4.69, 9.17) is 9.52 Å². The number of carbonyl (C=O) groups is 2. The fourth-order valence-corrected chi connectivity index (χ4v) is 2.56. The van der Waals surface area contributed by atoms with Crippen LogP contribution in [0, 0.1) is 13.8 Å². The second-order valence-electron chi connectivity index (χ2n) is 4.49. The Morgan fingerprint density at radius 2 is 2.14 bits per heavy atom. The molecular weight excluding hydrogens is 296 g/mol. The van der Waals surface area contributed by atoms with E-state index in [-0.39, 0.29) is 35.2 Å². The van der Waals surface area contributed by atoms with Crippen LogP contribution in [0.3, 0.4) is 0 Å². The van der Waals surface area contributed by atoms with E-state index in [1.807, 2.05) is 0 Å². The number of furan rings is 1. The van der Waals surface area contributed by atoms with Crippen molar-refractivity contribution < 1.29 is 19.1 Å². The number of nitrogens with zero attached hydrogens (tertiary/aromatic N) is 1. The van der Waals surface area contributed by atoms with Gasteiger partial charge < -0.3 is 14.8 Å². The van der Waals surface area contributed by atoms with Gasteiger partial charge >= 0.3 is 10.8 Å². The van der Waals surface area contributed by atoms with Gasteiger partial charge in [0.1, 0.15) is 23.6 Å². The monoisotopic (exact) mass is 310 g/mol. The molecule has 0 radical (unpaired) electrons. The number of hydrogen-bond donors (Lipinski definition) is 2. The predicted octanol–water partition coefficient (Wildman–Crippen LogP) is 1.13. The largest absolute Gasteiger partial charge is 0.478 e. The van der Waals surface area contributed by atoms with E-state index in [9.17, 15) is 14.4 Å². The summed E-state index contributed by atoms with van der Waals surface area (Å²) in [6.45, 7) is 3.30. The molecule has 0 aliphatic rings. The van der Waals surface area contributed by atoms with Crippen LogP contribution in [0.1, 0.15) is 27.6 Å². The molecule has 0 aromatic carbocycles. The highest BCUT2D eigenvalue weighted by Crippen LogP contribution is 2.14. The predicted molar refractivity (Wildman–Crippen MR) is 75.6 cm³/mol. The smallest absolute Gasteiger partial charge is 0.339 e. The van der Waals surface area contributed by atoms with Gasteiger partial charge in [-0.1, -0.05) is 11.3 Å². The average molecular weight is 310 g/mol. The average Bonchev–Trinajstić information content (AvgIpc) is 2.94. The summed E-state index contributed by atoms with van der Waals surface area (Å²) in [4.78, 5) is 34.0. The lowest BCUT2D eigenvalue weighted by Gasteiger charge is -2.05. The number of amides is 1. The van der Waals surface area contributed by atoms with Crippen LogP contribution in [0.4, 0.5) is 0 Å². The zero-order chi connectivity index (χ0) is 15.6. The van der Waals surface area contributed by atoms with Crippen LogP contribution >= 0.6 is 11.3 Å². The SMILES string of the molecule is Cc1oc(CNC(=O)Cn2c(C)csc2=O)cc1C(=O)O. The van der Waals surface area contributed by atoms with Crippen molar-refractivity contribution in [3.63, 3.8) is 0 Å². The van der Waals surface area contributed by atoms with Crippen molar-refractivity contribution in [1.82, 2.24) is 9.88 Å². The van der Waals surface area contributed by atoms with E-state index < -0.39 is 5.97 Å². The fraction of sp³-hybridized carbons (Fsp3) is 0.308. The quantitative estimate of drug-likeness (QED) is 0.862. The Kier molecular flexibility index (Phi) is 4.27. The van der Waals surface area contributed by atoms with Gasteiger partial charge in [-0.3, -0.25) is 14.2 Å². The first-order chi connectivity index (χ1) is 9.88. The number of aromatic nitrogens is 1. The molecule has 1 amide bonds. The van der Waals surface area contributed by atoms with Crippen LogP contribution in [-0.4, -0.2) is 21.6 Å². The van der Waals surface area contributed by atoms with Crippen LogP contribution in [-0.2, 0) is 17.9 Å². The van der Waals surface area contributed by atoms with E-state index in [1.165, 1.54) is 10.6 Å². The summed E-state index contributed by atoms with van der Waals surface area (Å²) in [5, 5.41) is 13.2. The third-order valence-corrected chi connectivity index (χ3v) is 3.82. The highest BCUT2D eigenvalue weighted by atomic mass is 32.1. The Bertz CT molecular complexity index is 740. The minimum Gasteiger partial charge on any atom is -0.478 e. The number of thiazole rings is 1. The van der Waals surface area contributed by atoms with Crippen molar-refractivity contribution in [3.05, 3.63) is 43.9 Å². The molecule has 2 aromatic heterocycles. The van der Waals surface area contributed by atoms with Gasteiger partial charge in [0, 0.05) is 11.1 Å². The van der Waals surface area contributed by atoms with Gasteiger partial charge in [-0.15, -0.1) is 0 Å². The molecule has 7 nitrogen and oxygen atoms in total. The van der Waals surface area contributed by atoms with Gasteiger partial charge in [-0.05, 0) is 19.9 Å². The number of carboxylic acids is 1. The second-order valence-corrected chi connectivity index (χ2v) is 5.31. The number of hydrogen-bond acceptors (Lipinski definition) is 5. The summed E-state index contributed by atoms with van der Waals surface area (Å²) >= 11 is 1.04. The third kappa shape index (κ3) is 3.40. The maximum Gasteiger partial charge on any atom is 0.339 e. The molecule has 8 heteroatoms. The highest BCUT2D eigenvalue weighted by Gasteiger charge is 2.14. The molecule has 0 aliphatic heterocycles. The third-order valence-electron chi connectivity index (χ3n) is 2.94. The Hall–Kier alpha value is -2.35.